The van der Waals surface area contributed by atoms with Crippen LogP contribution in [0.2, 0.25) is 0 Å². The highest BCUT2D eigenvalue weighted by Gasteiger charge is 2.29. The van der Waals surface area contributed by atoms with Crippen molar-refractivity contribution in [2.75, 3.05) is 7.11 Å². The Morgan fingerprint density at radius 2 is 1.89 bits per heavy atom. The van der Waals surface area contributed by atoms with Crippen LogP contribution in [-0.2, 0) is 9.53 Å². The summed E-state index contributed by atoms with van der Waals surface area (Å²) in [5.41, 5.74) is 0.451. The van der Waals surface area contributed by atoms with E-state index in [0.717, 1.165) is 5.56 Å². The molecule has 1 amide bonds. The van der Waals surface area contributed by atoms with Gasteiger partial charge in [-0.1, -0.05) is 51.1 Å². The van der Waals surface area contributed by atoms with Gasteiger partial charge in [0.1, 0.15) is 6.04 Å². The smallest absolute Gasteiger partial charge is 0.254 e. The van der Waals surface area contributed by atoms with Crippen molar-refractivity contribution < 1.29 is 9.53 Å². The molecule has 0 unspecified atom stereocenters. The number of methoxy groups -OCH3 is 1. The SMILES string of the molecule is CO[C@@H](C(=O)N[C@@H](C#N)C(C)(C)C)c1ccccc1. The van der Waals surface area contributed by atoms with E-state index in [1.807, 2.05) is 51.1 Å². The van der Waals surface area contributed by atoms with Crippen LogP contribution in [0, 0.1) is 16.7 Å². The number of amides is 1. The monoisotopic (exact) mass is 260 g/mol. The Labute approximate surface area is 114 Å². The number of nitrogens with zero attached hydrogens (tertiary/aromatic N) is 1. The van der Waals surface area contributed by atoms with Gasteiger partial charge in [0.25, 0.3) is 5.91 Å². The third-order valence-corrected chi connectivity index (χ3v) is 2.86. The molecule has 0 aliphatic heterocycles. The number of carbonyl (C=O) groups excluding carboxylic acids is 1. The number of hydrogen-bond donors (Lipinski definition) is 1. The summed E-state index contributed by atoms with van der Waals surface area (Å²) < 4.78 is 5.23. The van der Waals surface area contributed by atoms with Gasteiger partial charge in [0.2, 0.25) is 0 Å². The molecule has 4 heteroatoms. The van der Waals surface area contributed by atoms with Gasteiger partial charge in [0.05, 0.1) is 6.07 Å². The fourth-order valence-corrected chi connectivity index (χ4v) is 1.68. The molecule has 2 atom stereocenters. The van der Waals surface area contributed by atoms with Gasteiger partial charge in [-0.05, 0) is 11.0 Å². The van der Waals surface area contributed by atoms with E-state index in [9.17, 15) is 4.79 Å². The third kappa shape index (κ3) is 4.08. The first-order chi connectivity index (χ1) is 8.90. The summed E-state index contributed by atoms with van der Waals surface area (Å²) >= 11 is 0. The van der Waals surface area contributed by atoms with E-state index in [4.69, 9.17) is 10.00 Å². The molecule has 1 aromatic carbocycles. The van der Waals surface area contributed by atoms with Crippen LogP contribution in [-0.4, -0.2) is 19.1 Å². The van der Waals surface area contributed by atoms with E-state index in [1.54, 1.807) is 0 Å². The summed E-state index contributed by atoms with van der Waals surface area (Å²) in [6.07, 6.45) is -0.695. The Kier molecular flexibility index (Phi) is 5.08. The van der Waals surface area contributed by atoms with Crippen LogP contribution in [0.4, 0.5) is 0 Å². The van der Waals surface area contributed by atoms with Crippen LogP contribution >= 0.6 is 0 Å². The first kappa shape index (κ1) is 15.2. The maximum absolute atomic E-state index is 12.2. The molecule has 0 saturated heterocycles. The number of rotatable bonds is 4. The Bertz CT molecular complexity index is 457. The molecule has 0 spiro atoms. The standard InChI is InChI=1S/C15H20N2O2/c1-15(2,3)12(10-16)17-14(18)13(19-4)11-8-6-5-7-9-11/h5-9,12-13H,1-4H3,(H,17,18)/t12-,13+/m0/s1. The average molecular weight is 260 g/mol. The van der Waals surface area contributed by atoms with Gasteiger partial charge in [-0.15, -0.1) is 0 Å². The topological polar surface area (TPSA) is 62.1 Å². The lowest BCUT2D eigenvalue weighted by Gasteiger charge is -2.27. The Hall–Kier alpha value is -1.86. The van der Waals surface area contributed by atoms with Gasteiger partial charge >= 0.3 is 0 Å². The normalized spacial score (nSPS) is 14.3. The van der Waals surface area contributed by atoms with Crippen LogP contribution in [0.1, 0.15) is 32.4 Å². The molecule has 102 valence electrons. The Morgan fingerprint density at radius 1 is 1.32 bits per heavy atom. The zero-order valence-electron chi connectivity index (χ0n) is 11.8. The molecule has 0 fully saturated rings. The minimum atomic E-state index is -0.695. The van der Waals surface area contributed by atoms with E-state index in [1.165, 1.54) is 7.11 Å². The minimum absolute atomic E-state index is 0.296. The Balaban J connectivity index is 2.84. The number of ether oxygens (including phenoxy) is 1. The zero-order valence-corrected chi connectivity index (χ0v) is 11.8. The number of benzene rings is 1. The van der Waals surface area contributed by atoms with Crippen molar-refractivity contribution in [2.45, 2.75) is 32.9 Å². The summed E-state index contributed by atoms with van der Waals surface area (Å²) in [6.45, 7) is 5.72. The van der Waals surface area contributed by atoms with Gasteiger partial charge < -0.3 is 10.1 Å². The Morgan fingerprint density at radius 3 is 2.32 bits per heavy atom. The molecule has 0 aromatic heterocycles. The van der Waals surface area contributed by atoms with Crippen LogP contribution in [0.5, 0.6) is 0 Å². The molecular formula is C15H20N2O2. The van der Waals surface area contributed by atoms with E-state index >= 15 is 0 Å². The highest BCUT2D eigenvalue weighted by Crippen LogP contribution is 2.21. The highest BCUT2D eigenvalue weighted by atomic mass is 16.5. The van der Waals surface area contributed by atoms with Gasteiger partial charge in [-0.2, -0.15) is 5.26 Å². The molecule has 0 radical (unpaired) electrons. The molecule has 0 heterocycles. The maximum Gasteiger partial charge on any atom is 0.254 e. The average Bonchev–Trinajstić information content (AvgIpc) is 2.36. The molecule has 1 N–H and O–H groups in total. The van der Waals surface area contributed by atoms with Crippen molar-refractivity contribution in [1.82, 2.24) is 5.32 Å². The van der Waals surface area contributed by atoms with Crippen LogP contribution in [0.25, 0.3) is 0 Å². The summed E-state index contributed by atoms with van der Waals surface area (Å²) in [5, 5.41) is 11.9. The molecule has 0 aliphatic rings. The second-order valence-corrected chi connectivity index (χ2v) is 5.46. The van der Waals surface area contributed by atoms with E-state index in [-0.39, 0.29) is 11.3 Å². The van der Waals surface area contributed by atoms with Gasteiger partial charge in [-0.3, -0.25) is 4.79 Å². The predicted octanol–water partition coefficient (Wildman–Crippen LogP) is 2.43. The number of nitrogens with one attached hydrogen (secondary N) is 1. The lowest BCUT2D eigenvalue weighted by Crippen LogP contribution is -2.44. The maximum atomic E-state index is 12.2. The lowest BCUT2D eigenvalue weighted by molar-refractivity contribution is -0.132. The first-order valence-electron chi connectivity index (χ1n) is 6.18. The molecular weight excluding hydrogens is 240 g/mol. The predicted molar refractivity (Wildman–Crippen MR) is 73.2 cm³/mol. The largest absolute Gasteiger partial charge is 0.367 e. The zero-order chi connectivity index (χ0) is 14.5. The quantitative estimate of drug-likeness (QED) is 0.904. The van der Waals surface area contributed by atoms with Crippen molar-refractivity contribution >= 4 is 5.91 Å². The number of nitriles is 1. The third-order valence-electron chi connectivity index (χ3n) is 2.86. The molecule has 4 nitrogen and oxygen atoms in total. The van der Waals surface area contributed by atoms with E-state index in [2.05, 4.69) is 11.4 Å². The second kappa shape index (κ2) is 6.35. The molecule has 19 heavy (non-hydrogen) atoms. The number of carbonyl (C=O) groups is 1. The van der Waals surface area contributed by atoms with Gasteiger partial charge in [0, 0.05) is 7.11 Å². The van der Waals surface area contributed by atoms with Gasteiger partial charge in [0.15, 0.2) is 6.10 Å². The first-order valence-corrected chi connectivity index (χ1v) is 6.18. The van der Waals surface area contributed by atoms with Crippen molar-refractivity contribution in [3.05, 3.63) is 35.9 Å². The van der Waals surface area contributed by atoms with Crippen LogP contribution in [0.15, 0.2) is 30.3 Å². The fourth-order valence-electron chi connectivity index (χ4n) is 1.68. The molecule has 0 aliphatic carbocycles. The summed E-state index contributed by atoms with van der Waals surface area (Å²) in [7, 11) is 1.48. The molecule has 1 aromatic rings. The molecule has 0 bridgehead atoms. The number of hydrogen-bond acceptors (Lipinski definition) is 3. The summed E-state index contributed by atoms with van der Waals surface area (Å²) in [5.74, 6) is -0.296. The molecule has 1 rings (SSSR count). The van der Waals surface area contributed by atoms with E-state index in [0.29, 0.717) is 0 Å². The van der Waals surface area contributed by atoms with Crippen LogP contribution < -0.4 is 5.32 Å². The van der Waals surface area contributed by atoms with Crippen LogP contribution in [0.3, 0.4) is 0 Å². The fraction of sp³-hybridized carbons (Fsp3) is 0.467. The lowest BCUT2D eigenvalue weighted by atomic mass is 9.87. The summed E-state index contributed by atoms with van der Waals surface area (Å²) in [6, 6.07) is 10.8. The van der Waals surface area contributed by atoms with Crippen molar-refractivity contribution in [1.29, 1.82) is 5.26 Å². The van der Waals surface area contributed by atoms with Crippen molar-refractivity contribution in [3.63, 3.8) is 0 Å². The van der Waals surface area contributed by atoms with Crippen molar-refractivity contribution in [2.24, 2.45) is 5.41 Å². The minimum Gasteiger partial charge on any atom is -0.367 e. The highest BCUT2D eigenvalue weighted by molar-refractivity contribution is 5.82. The van der Waals surface area contributed by atoms with E-state index < -0.39 is 12.1 Å². The van der Waals surface area contributed by atoms with Gasteiger partial charge in [-0.25, -0.2) is 0 Å². The second-order valence-electron chi connectivity index (χ2n) is 5.46. The van der Waals surface area contributed by atoms with Crippen molar-refractivity contribution in [3.8, 4) is 6.07 Å². The molecule has 0 saturated carbocycles. The summed E-state index contributed by atoms with van der Waals surface area (Å²) in [4.78, 5) is 12.2.